The zero-order valence-corrected chi connectivity index (χ0v) is 19.0. The Morgan fingerprint density at radius 1 is 0.667 bits per heavy atom. The Kier molecular flexibility index (Phi) is 8.76. The van der Waals surface area contributed by atoms with E-state index in [0.29, 0.717) is 11.1 Å². The second-order valence-corrected chi connectivity index (χ2v) is 7.63. The lowest BCUT2D eigenvalue weighted by Gasteiger charge is -2.07. The molecule has 0 fully saturated rings. The van der Waals surface area contributed by atoms with Gasteiger partial charge in [0.2, 0.25) is 11.8 Å². The molecule has 10 nitrogen and oxygen atoms in total. The van der Waals surface area contributed by atoms with Crippen LogP contribution >= 0.6 is 0 Å². The van der Waals surface area contributed by atoms with E-state index >= 15 is 0 Å². The third-order valence-corrected chi connectivity index (χ3v) is 4.94. The summed E-state index contributed by atoms with van der Waals surface area (Å²) >= 11 is 0. The van der Waals surface area contributed by atoms with Crippen molar-refractivity contribution < 1.29 is 19.4 Å². The van der Waals surface area contributed by atoms with Gasteiger partial charge < -0.3 is 10.6 Å². The minimum atomic E-state index is -0.500. The Hall–Kier alpha value is -5.12. The van der Waals surface area contributed by atoms with Crippen LogP contribution in [0.4, 0.5) is 11.4 Å². The second-order valence-electron chi connectivity index (χ2n) is 7.63. The molecule has 0 aliphatic rings. The Labute approximate surface area is 206 Å². The number of nitrogens with one attached hydrogen (secondary N) is 2. The highest BCUT2D eigenvalue weighted by Crippen LogP contribution is 2.15. The van der Waals surface area contributed by atoms with Gasteiger partial charge in [-0.3, -0.25) is 29.8 Å². The third kappa shape index (κ3) is 8.03. The number of non-ortho nitro benzene ring substituents is 2. The Bertz CT molecular complexity index is 1250. The second kappa shape index (κ2) is 12.4. The summed E-state index contributed by atoms with van der Waals surface area (Å²) < 4.78 is 0. The summed E-state index contributed by atoms with van der Waals surface area (Å²) in [4.78, 5) is 44.9. The smallest absolute Gasteiger partial charge is 0.270 e. The van der Waals surface area contributed by atoms with Crippen LogP contribution in [0.1, 0.15) is 22.3 Å². The number of carbonyl (C=O) groups excluding carboxylic acids is 2. The lowest BCUT2D eigenvalue weighted by molar-refractivity contribution is -0.385. The number of amides is 2. The third-order valence-electron chi connectivity index (χ3n) is 4.94. The molecule has 0 saturated heterocycles. The molecule has 0 heterocycles. The fourth-order valence-electron chi connectivity index (χ4n) is 3.17. The van der Waals surface area contributed by atoms with E-state index in [1.807, 2.05) is 18.2 Å². The number of benzene rings is 3. The number of rotatable bonds is 10. The van der Waals surface area contributed by atoms with Crippen LogP contribution in [0.15, 0.2) is 84.9 Å². The van der Waals surface area contributed by atoms with E-state index in [4.69, 9.17) is 0 Å². The van der Waals surface area contributed by atoms with Crippen molar-refractivity contribution in [1.29, 1.82) is 0 Å². The van der Waals surface area contributed by atoms with Crippen LogP contribution in [-0.2, 0) is 22.7 Å². The van der Waals surface area contributed by atoms with E-state index < -0.39 is 9.85 Å². The number of hydrogen-bond donors (Lipinski definition) is 2. The molecule has 0 spiro atoms. The van der Waals surface area contributed by atoms with E-state index in [9.17, 15) is 29.8 Å². The lowest BCUT2D eigenvalue weighted by Crippen LogP contribution is -2.21. The SMILES string of the molecule is O=C(/C=C/c1cccc([N+](=O)[O-])c1)NCc1cccc(CNC(=O)/C=C/c2cccc([N+](=O)[O-])c2)c1. The van der Waals surface area contributed by atoms with Gasteiger partial charge in [0.05, 0.1) is 9.85 Å². The number of hydrogen-bond acceptors (Lipinski definition) is 6. The quantitative estimate of drug-likeness (QED) is 0.250. The molecule has 0 bridgehead atoms. The normalized spacial score (nSPS) is 10.9. The molecule has 10 heteroatoms. The minimum Gasteiger partial charge on any atom is -0.348 e. The molecular weight excluding hydrogens is 464 g/mol. The maximum absolute atomic E-state index is 12.1. The van der Waals surface area contributed by atoms with Gasteiger partial charge in [-0.05, 0) is 34.4 Å². The summed E-state index contributed by atoms with van der Waals surface area (Å²) in [6, 6.07) is 19.2. The topological polar surface area (TPSA) is 144 Å². The number of nitrogens with zero attached hydrogens (tertiary/aromatic N) is 2. The number of nitro benzene ring substituents is 2. The maximum atomic E-state index is 12.1. The summed E-state index contributed by atoms with van der Waals surface area (Å²) in [5, 5.41) is 27.2. The molecule has 3 aromatic rings. The predicted octanol–water partition coefficient (Wildman–Crippen LogP) is 4.16. The molecule has 182 valence electrons. The Morgan fingerprint density at radius 2 is 1.08 bits per heavy atom. The first-order valence-corrected chi connectivity index (χ1v) is 10.8. The molecule has 2 N–H and O–H groups in total. The molecule has 0 aromatic heterocycles. The number of carbonyl (C=O) groups is 2. The first-order chi connectivity index (χ1) is 17.3. The van der Waals surface area contributed by atoms with Crippen molar-refractivity contribution in [3.8, 4) is 0 Å². The highest BCUT2D eigenvalue weighted by Gasteiger charge is 2.06. The van der Waals surface area contributed by atoms with Crippen molar-refractivity contribution >= 4 is 35.3 Å². The standard InChI is InChI=1S/C26H22N4O6/c31-25(12-10-19-4-2-8-23(15-19)29(33)34)27-17-21-6-1-7-22(14-21)18-28-26(32)13-11-20-5-3-9-24(16-20)30(35)36/h1-16H,17-18H2,(H,27,31)(H,28,32)/b12-10+,13-11+. The van der Waals surface area contributed by atoms with Crippen molar-refractivity contribution in [2.75, 3.05) is 0 Å². The van der Waals surface area contributed by atoms with E-state index in [0.717, 1.165) is 11.1 Å². The summed E-state index contributed by atoms with van der Waals surface area (Å²) in [6.07, 6.45) is 5.60. The van der Waals surface area contributed by atoms with Crippen LogP contribution in [0.25, 0.3) is 12.2 Å². The van der Waals surface area contributed by atoms with E-state index in [1.54, 1.807) is 30.3 Å². The van der Waals surface area contributed by atoms with E-state index in [1.165, 1.54) is 48.6 Å². The fraction of sp³-hybridized carbons (Fsp3) is 0.0769. The van der Waals surface area contributed by atoms with Crippen molar-refractivity contribution in [3.05, 3.63) is 127 Å². The van der Waals surface area contributed by atoms with Gasteiger partial charge in [-0.15, -0.1) is 0 Å². The van der Waals surface area contributed by atoms with Crippen LogP contribution in [0.3, 0.4) is 0 Å². The van der Waals surface area contributed by atoms with Gasteiger partial charge >= 0.3 is 0 Å². The first-order valence-electron chi connectivity index (χ1n) is 10.8. The van der Waals surface area contributed by atoms with Crippen LogP contribution in [-0.4, -0.2) is 21.7 Å². The first kappa shape index (κ1) is 25.5. The molecule has 0 saturated carbocycles. The summed E-state index contributed by atoms with van der Waals surface area (Å²) in [6.45, 7) is 0.513. The average Bonchev–Trinajstić information content (AvgIpc) is 2.89. The minimum absolute atomic E-state index is 0.0546. The predicted molar refractivity (Wildman–Crippen MR) is 134 cm³/mol. The van der Waals surface area contributed by atoms with E-state index in [2.05, 4.69) is 10.6 Å². The maximum Gasteiger partial charge on any atom is 0.270 e. The Balaban J connectivity index is 1.49. The molecule has 3 aromatic carbocycles. The molecule has 0 aliphatic carbocycles. The van der Waals surface area contributed by atoms with Gasteiger partial charge in [0, 0.05) is 49.5 Å². The highest BCUT2D eigenvalue weighted by molar-refractivity contribution is 5.92. The van der Waals surface area contributed by atoms with Crippen molar-refractivity contribution in [1.82, 2.24) is 10.6 Å². The van der Waals surface area contributed by atoms with Crippen LogP contribution < -0.4 is 10.6 Å². The molecule has 0 unspecified atom stereocenters. The van der Waals surface area contributed by atoms with Crippen molar-refractivity contribution in [2.45, 2.75) is 13.1 Å². The van der Waals surface area contributed by atoms with Gasteiger partial charge in [-0.1, -0.05) is 48.5 Å². The van der Waals surface area contributed by atoms with E-state index in [-0.39, 0.29) is 36.3 Å². The fourth-order valence-corrected chi connectivity index (χ4v) is 3.17. The van der Waals surface area contributed by atoms with Crippen LogP contribution in [0.2, 0.25) is 0 Å². The lowest BCUT2D eigenvalue weighted by atomic mass is 10.1. The largest absolute Gasteiger partial charge is 0.348 e. The molecule has 0 radical (unpaired) electrons. The molecule has 0 aliphatic heterocycles. The monoisotopic (exact) mass is 486 g/mol. The molecular formula is C26H22N4O6. The van der Waals surface area contributed by atoms with Crippen LogP contribution in [0, 0.1) is 20.2 Å². The molecule has 3 rings (SSSR count). The average molecular weight is 486 g/mol. The van der Waals surface area contributed by atoms with Crippen LogP contribution in [0.5, 0.6) is 0 Å². The van der Waals surface area contributed by atoms with Crippen molar-refractivity contribution in [2.24, 2.45) is 0 Å². The Morgan fingerprint density at radius 3 is 1.50 bits per heavy atom. The van der Waals surface area contributed by atoms with Crippen molar-refractivity contribution in [3.63, 3.8) is 0 Å². The molecule has 2 amide bonds. The summed E-state index contributed by atoms with van der Waals surface area (Å²) in [5.74, 6) is -0.710. The zero-order chi connectivity index (χ0) is 25.9. The summed E-state index contributed by atoms with van der Waals surface area (Å²) in [5.41, 5.74) is 2.62. The van der Waals surface area contributed by atoms with Gasteiger partial charge in [0.1, 0.15) is 0 Å². The number of nitro groups is 2. The highest BCUT2D eigenvalue weighted by atomic mass is 16.6. The zero-order valence-electron chi connectivity index (χ0n) is 19.0. The van der Waals surface area contributed by atoms with Gasteiger partial charge in [0.15, 0.2) is 0 Å². The van der Waals surface area contributed by atoms with Gasteiger partial charge in [-0.2, -0.15) is 0 Å². The molecule has 36 heavy (non-hydrogen) atoms. The van der Waals surface area contributed by atoms with Gasteiger partial charge in [0.25, 0.3) is 11.4 Å². The van der Waals surface area contributed by atoms with Gasteiger partial charge in [-0.25, -0.2) is 0 Å². The molecule has 0 atom stereocenters. The summed E-state index contributed by atoms with van der Waals surface area (Å²) in [7, 11) is 0.